The van der Waals surface area contributed by atoms with E-state index in [0.717, 1.165) is 40.2 Å². The molecule has 0 aliphatic heterocycles. The van der Waals surface area contributed by atoms with Crippen LogP contribution in [0.1, 0.15) is 5.56 Å². The predicted molar refractivity (Wildman–Crippen MR) is 81.0 cm³/mol. The van der Waals surface area contributed by atoms with Crippen molar-refractivity contribution in [1.82, 2.24) is 5.32 Å². The van der Waals surface area contributed by atoms with Gasteiger partial charge in [-0.25, -0.2) is 0 Å². The monoisotopic (exact) mass is 267 g/mol. The molecule has 0 saturated heterocycles. The van der Waals surface area contributed by atoms with Crippen molar-refractivity contribution in [2.24, 2.45) is 0 Å². The van der Waals surface area contributed by atoms with Gasteiger partial charge in [0.2, 0.25) is 0 Å². The SMILES string of the molecule is CNCc1cc(OC)ccc1-c1cc2ccccc2o1. The Morgan fingerprint density at radius 3 is 2.70 bits per heavy atom. The molecule has 0 saturated carbocycles. The molecule has 20 heavy (non-hydrogen) atoms. The van der Waals surface area contributed by atoms with Crippen LogP contribution in [-0.4, -0.2) is 14.2 Å². The van der Waals surface area contributed by atoms with E-state index >= 15 is 0 Å². The number of nitrogens with one attached hydrogen (secondary N) is 1. The first-order valence-electron chi connectivity index (χ1n) is 6.62. The third kappa shape index (κ3) is 2.28. The average molecular weight is 267 g/mol. The highest BCUT2D eigenvalue weighted by molar-refractivity contribution is 5.83. The molecule has 0 unspecified atom stereocenters. The van der Waals surface area contributed by atoms with Crippen LogP contribution in [0.2, 0.25) is 0 Å². The summed E-state index contributed by atoms with van der Waals surface area (Å²) in [7, 11) is 3.61. The molecule has 0 radical (unpaired) electrons. The van der Waals surface area contributed by atoms with Gasteiger partial charge in [-0.05, 0) is 42.9 Å². The minimum atomic E-state index is 0.767. The highest BCUT2D eigenvalue weighted by atomic mass is 16.5. The smallest absolute Gasteiger partial charge is 0.135 e. The summed E-state index contributed by atoms with van der Waals surface area (Å²) in [6, 6.07) is 16.2. The van der Waals surface area contributed by atoms with Crippen LogP contribution in [0.15, 0.2) is 52.9 Å². The summed E-state index contributed by atoms with van der Waals surface area (Å²) < 4.78 is 11.2. The summed E-state index contributed by atoms with van der Waals surface area (Å²) in [5.41, 5.74) is 3.16. The molecule has 0 bridgehead atoms. The maximum atomic E-state index is 5.95. The molecule has 0 atom stereocenters. The minimum absolute atomic E-state index is 0.767. The quantitative estimate of drug-likeness (QED) is 0.780. The topological polar surface area (TPSA) is 34.4 Å². The number of rotatable bonds is 4. The third-order valence-electron chi connectivity index (χ3n) is 3.37. The lowest BCUT2D eigenvalue weighted by Gasteiger charge is -2.09. The van der Waals surface area contributed by atoms with Gasteiger partial charge < -0.3 is 14.5 Å². The second kappa shape index (κ2) is 5.39. The number of hydrogen-bond donors (Lipinski definition) is 1. The summed E-state index contributed by atoms with van der Waals surface area (Å²) in [5.74, 6) is 1.74. The molecule has 3 rings (SSSR count). The first kappa shape index (κ1) is 12.8. The number of hydrogen-bond acceptors (Lipinski definition) is 3. The second-order valence-electron chi connectivity index (χ2n) is 4.70. The summed E-state index contributed by atoms with van der Waals surface area (Å²) in [6.45, 7) is 0.767. The standard InChI is InChI=1S/C17H17NO2/c1-18-11-13-9-14(19-2)7-8-15(13)17-10-12-5-3-4-6-16(12)20-17/h3-10,18H,11H2,1-2H3. The molecule has 1 heterocycles. The van der Waals surface area contributed by atoms with Crippen LogP contribution in [0.25, 0.3) is 22.3 Å². The molecule has 3 heteroatoms. The Bertz CT molecular complexity index is 698. The van der Waals surface area contributed by atoms with E-state index in [4.69, 9.17) is 9.15 Å². The first-order chi connectivity index (χ1) is 9.81. The van der Waals surface area contributed by atoms with Crippen molar-refractivity contribution < 1.29 is 9.15 Å². The number of furan rings is 1. The zero-order valence-corrected chi connectivity index (χ0v) is 11.6. The summed E-state index contributed by atoms with van der Waals surface area (Å²) in [4.78, 5) is 0. The third-order valence-corrected chi connectivity index (χ3v) is 3.37. The molecule has 0 aliphatic rings. The Balaban J connectivity index is 2.12. The molecule has 0 fully saturated rings. The second-order valence-corrected chi connectivity index (χ2v) is 4.70. The van der Waals surface area contributed by atoms with Crippen molar-refractivity contribution in [2.75, 3.05) is 14.2 Å². The summed E-state index contributed by atoms with van der Waals surface area (Å²) in [5, 5.41) is 4.30. The number of ether oxygens (including phenoxy) is 1. The van der Waals surface area contributed by atoms with Crippen LogP contribution < -0.4 is 10.1 Å². The maximum Gasteiger partial charge on any atom is 0.135 e. The van der Waals surface area contributed by atoms with Gasteiger partial charge in [-0.3, -0.25) is 0 Å². The Kier molecular flexibility index (Phi) is 3.44. The van der Waals surface area contributed by atoms with Gasteiger partial charge in [-0.2, -0.15) is 0 Å². The van der Waals surface area contributed by atoms with E-state index in [0.29, 0.717) is 0 Å². The lowest BCUT2D eigenvalue weighted by molar-refractivity contribution is 0.414. The van der Waals surface area contributed by atoms with E-state index in [1.54, 1.807) is 7.11 Å². The van der Waals surface area contributed by atoms with Crippen LogP contribution >= 0.6 is 0 Å². The largest absolute Gasteiger partial charge is 0.497 e. The first-order valence-corrected chi connectivity index (χ1v) is 6.62. The van der Waals surface area contributed by atoms with Crippen molar-refractivity contribution in [2.45, 2.75) is 6.54 Å². The van der Waals surface area contributed by atoms with Gasteiger partial charge in [-0.15, -0.1) is 0 Å². The Labute approximate surface area is 118 Å². The van der Waals surface area contributed by atoms with Crippen molar-refractivity contribution in [3.63, 3.8) is 0 Å². The lowest BCUT2D eigenvalue weighted by Crippen LogP contribution is -2.06. The number of fused-ring (bicyclic) bond motifs is 1. The van der Waals surface area contributed by atoms with Gasteiger partial charge >= 0.3 is 0 Å². The van der Waals surface area contributed by atoms with Gasteiger partial charge in [0.15, 0.2) is 0 Å². The molecule has 0 spiro atoms. The molecule has 1 N–H and O–H groups in total. The van der Waals surface area contributed by atoms with Gasteiger partial charge in [0, 0.05) is 17.5 Å². The van der Waals surface area contributed by atoms with Crippen LogP contribution in [0.4, 0.5) is 0 Å². The Morgan fingerprint density at radius 2 is 1.95 bits per heavy atom. The predicted octanol–water partition coefficient (Wildman–Crippen LogP) is 3.83. The van der Waals surface area contributed by atoms with Gasteiger partial charge in [0.1, 0.15) is 17.1 Å². The lowest BCUT2D eigenvalue weighted by atomic mass is 10.0. The summed E-state index contributed by atoms with van der Waals surface area (Å²) >= 11 is 0. The van der Waals surface area contributed by atoms with Crippen molar-refractivity contribution in [3.05, 3.63) is 54.1 Å². The molecule has 3 aromatic rings. The zero-order valence-electron chi connectivity index (χ0n) is 11.6. The van der Waals surface area contributed by atoms with Gasteiger partial charge in [0.25, 0.3) is 0 Å². The van der Waals surface area contributed by atoms with E-state index in [2.05, 4.69) is 17.4 Å². The molecule has 1 aromatic heterocycles. The van der Waals surface area contributed by atoms with E-state index in [1.165, 1.54) is 0 Å². The van der Waals surface area contributed by atoms with Crippen molar-refractivity contribution in [1.29, 1.82) is 0 Å². The Hall–Kier alpha value is -2.26. The zero-order chi connectivity index (χ0) is 13.9. The molecule has 3 nitrogen and oxygen atoms in total. The van der Waals surface area contributed by atoms with Crippen LogP contribution in [-0.2, 0) is 6.54 Å². The fourth-order valence-electron chi connectivity index (χ4n) is 2.39. The fraction of sp³-hybridized carbons (Fsp3) is 0.176. The molecule has 102 valence electrons. The van der Waals surface area contributed by atoms with Gasteiger partial charge in [-0.1, -0.05) is 18.2 Å². The molecular formula is C17H17NO2. The van der Waals surface area contributed by atoms with E-state index < -0.39 is 0 Å². The van der Waals surface area contributed by atoms with E-state index in [-0.39, 0.29) is 0 Å². The highest BCUT2D eigenvalue weighted by Crippen LogP contribution is 2.32. The number of para-hydroxylation sites is 1. The number of benzene rings is 2. The van der Waals surface area contributed by atoms with Crippen LogP contribution in [0, 0.1) is 0 Å². The van der Waals surface area contributed by atoms with E-state index in [9.17, 15) is 0 Å². The normalized spacial score (nSPS) is 10.9. The average Bonchev–Trinajstić information content (AvgIpc) is 2.91. The maximum absolute atomic E-state index is 5.95. The van der Waals surface area contributed by atoms with Crippen molar-refractivity contribution in [3.8, 4) is 17.1 Å². The van der Waals surface area contributed by atoms with Gasteiger partial charge in [0.05, 0.1) is 7.11 Å². The molecule has 2 aromatic carbocycles. The highest BCUT2D eigenvalue weighted by Gasteiger charge is 2.11. The number of methoxy groups -OCH3 is 1. The van der Waals surface area contributed by atoms with Crippen LogP contribution in [0.5, 0.6) is 5.75 Å². The summed E-state index contributed by atoms with van der Waals surface area (Å²) in [6.07, 6.45) is 0. The van der Waals surface area contributed by atoms with Crippen molar-refractivity contribution >= 4 is 11.0 Å². The molecular weight excluding hydrogens is 250 g/mol. The van der Waals surface area contributed by atoms with Crippen LogP contribution in [0.3, 0.4) is 0 Å². The minimum Gasteiger partial charge on any atom is -0.497 e. The fourth-order valence-corrected chi connectivity index (χ4v) is 2.39. The molecule has 0 amide bonds. The Morgan fingerprint density at radius 1 is 1.10 bits per heavy atom. The molecule has 0 aliphatic carbocycles. The van der Waals surface area contributed by atoms with E-state index in [1.807, 2.05) is 43.4 Å².